The molecule has 1 amide bonds. The number of likely N-dealkylation sites (tertiary alicyclic amines) is 1. The number of hydrogen-bond donors (Lipinski definition) is 1. The van der Waals surface area contributed by atoms with E-state index in [9.17, 15) is 9.59 Å². The Hall–Kier alpha value is -1.88. The normalized spacial score (nSPS) is 31.2. The lowest BCUT2D eigenvalue weighted by molar-refractivity contribution is -0.139. The predicted molar refractivity (Wildman–Crippen MR) is 98.9 cm³/mol. The van der Waals surface area contributed by atoms with Crippen molar-refractivity contribution in [1.29, 1.82) is 0 Å². The van der Waals surface area contributed by atoms with Gasteiger partial charge in [-0.2, -0.15) is 0 Å². The molecular formula is C21H28N2O3. The van der Waals surface area contributed by atoms with Crippen LogP contribution in [0.3, 0.4) is 0 Å². The number of ketones is 1. The van der Waals surface area contributed by atoms with Gasteiger partial charge < -0.3 is 15.4 Å². The van der Waals surface area contributed by atoms with E-state index in [2.05, 4.69) is 0 Å². The lowest BCUT2D eigenvalue weighted by Gasteiger charge is -2.36. The van der Waals surface area contributed by atoms with Crippen LogP contribution in [0.15, 0.2) is 24.3 Å². The molecule has 2 N–H and O–H groups in total. The molecule has 2 aliphatic carbocycles. The fourth-order valence-electron chi connectivity index (χ4n) is 5.27. The van der Waals surface area contributed by atoms with Crippen LogP contribution in [0.2, 0.25) is 0 Å². The first-order valence-corrected chi connectivity index (χ1v) is 9.81. The Bertz CT molecular complexity index is 677. The molecule has 3 aliphatic rings. The third-order valence-corrected chi connectivity index (χ3v) is 6.82. The number of carbonyl (C=O) groups is 2. The summed E-state index contributed by atoms with van der Waals surface area (Å²) in [7, 11) is 1.62. The molecule has 0 aromatic heterocycles. The Morgan fingerprint density at radius 2 is 1.69 bits per heavy atom. The van der Waals surface area contributed by atoms with Crippen LogP contribution in [0.25, 0.3) is 0 Å². The van der Waals surface area contributed by atoms with Gasteiger partial charge >= 0.3 is 0 Å². The number of Topliss-reactive ketones (excluding diaryl/α,β-unsaturated/α-hetero) is 1. The van der Waals surface area contributed by atoms with Crippen molar-refractivity contribution in [3.05, 3.63) is 29.8 Å². The maximum atomic E-state index is 13.0. The van der Waals surface area contributed by atoms with Gasteiger partial charge in [0.15, 0.2) is 5.78 Å². The van der Waals surface area contributed by atoms with Crippen LogP contribution >= 0.6 is 0 Å². The summed E-state index contributed by atoms with van der Waals surface area (Å²) in [6.45, 7) is 1.35. The summed E-state index contributed by atoms with van der Waals surface area (Å²) in [6.07, 6.45) is 4.96. The molecule has 3 fully saturated rings. The second-order valence-corrected chi connectivity index (χ2v) is 8.13. The molecule has 4 atom stereocenters. The zero-order valence-corrected chi connectivity index (χ0v) is 15.4. The number of nitrogens with two attached hydrogens (primary N) is 1. The molecule has 2 saturated carbocycles. The minimum atomic E-state index is 0.00106. The van der Waals surface area contributed by atoms with Crippen LogP contribution < -0.4 is 10.5 Å². The van der Waals surface area contributed by atoms with E-state index >= 15 is 0 Å². The predicted octanol–water partition coefficient (Wildman–Crippen LogP) is 2.49. The van der Waals surface area contributed by atoms with Gasteiger partial charge in [0.25, 0.3) is 0 Å². The van der Waals surface area contributed by atoms with E-state index in [1.54, 1.807) is 7.11 Å². The fourth-order valence-corrected chi connectivity index (χ4v) is 5.27. The van der Waals surface area contributed by atoms with Crippen molar-refractivity contribution >= 4 is 11.7 Å². The summed E-state index contributed by atoms with van der Waals surface area (Å²) in [6, 6.07) is 7.34. The molecule has 5 heteroatoms. The van der Waals surface area contributed by atoms with Crippen LogP contribution in [0.4, 0.5) is 0 Å². The summed E-state index contributed by atoms with van der Waals surface area (Å²) >= 11 is 0. The molecule has 4 unspecified atom stereocenters. The maximum absolute atomic E-state index is 13.0. The molecule has 1 saturated heterocycles. The minimum absolute atomic E-state index is 0.00106. The Labute approximate surface area is 154 Å². The van der Waals surface area contributed by atoms with E-state index < -0.39 is 0 Å². The highest BCUT2D eigenvalue weighted by atomic mass is 16.5. The molecular weight excluding hydrogens is 328 g/mol. The zero-order valence-electron chi connectivity index (χ0n) is 15.4. The Morgan fingerprint density at radius 3 is 2.27 bits per heavy atom. The Kier molecular flexibility index (Phi) is 4.74. The van der Waals surface area contributed by atoms with Crippen molar-refractivity contribution in [1.82, 2.24) is 4.90 Å². The smallest absolute Gasteiger partial charge is 0.227 e. The number of nitrogens with zero attached hydrogens (tertiary/aromatic N) is 1. The van der Waals surface area contributed by atoms with Gasteiger partial charge in [-0.1, -0.05) is 0 Å². The van der Waals surface area contributed by atoms with Crippen molar-refractivity contribution in [3.63, 3.8) is 0 Å². The number of hydrogen-bond acceptors (Lipinski definition) is 4. The molecule has 5 nitrogen and oxygen atoms in total. The molecule has 1 aromatic carbocycles. The van der Waals surface area contributed by atoms with Crippen LogP contribution in [0.1, 0.15) is 42.5 Å². The van der Waals surface area contributed by atoms with Crippen molar-refractivity contribution in [2.45, 2.75) is 38.1 Å². The second-order valence-electron chi connectivity index (χ2n) is 8.13. The quantitative estimate of drug-likeness (QED) is 0.841. The number of ether oxygens (including phenoxy) is 1. The third-order valence-electron chi connectivity index (χ3n) is 6.82. The molecule has 4 rings (SSSR count). The van der Waals surface area contributed by atoms with Crippen molar-refractivity contribution in [2.24, 2.45) is 29.4 Å². The van der Waals surface area contributed by atoms with Crippen molar-refractivity contribution in [2.75, 3.05) is 20.2 Å². The Balaban J connectivity index is 1.35. The van der Waals surface area contributed by atoms with Gasteiger partial charge in [0.05, 0.1) is 13.0 Å². The van der Waals surface area contributed by atoms with Crippen molar-refractivity contribution in [3.8, 4) is 5.75 Å². The average molecular weight is 356 g/mol. The van der Waals surface area contributed by atoms with Gasteiger partial charge in [-0.05, 0) is 68.2 Å². The summed E-state index contributed by atoms with van der Waals surface area (Å²) in [5.74, 6) is 2.22. The number of amides is 1. The van der Waals surface area contributed by atoms with Gasteiger partial charge in [-0.15, -0.1) is 0 Å². The summed E-state index contributed by atoms with van der Waals surface area (Å²) in [5, 5.41) is 0. The van der Waals surface area contributed by atoms with Gasteiger partial charge in [0, 0.05) is 30.6 Å². The van der Waals surface area contributed by atoms with E-state index in [1.165, 1.54) is 6.42 Å². The first-order valence-electron chi connectivity index (χ1n) is 9.81. The van der Waals surface area contributed by atoms with Gasteiger partial charge in [0.1, 0.15) is 5.75 Å². The molecule has 1 aromatic rings. The number of benzene rings is 1. The summed E-state index contributed by atoms with van der Waals surface area (Å²) in [5.41, 5.74) is 7.06. The highest BCUT2D eigenvalue weighted by Crippen LogP contribution is 2.48. The zero-order chi connectivity index (χ0) is 18.3. The van der Waals surface area contributed by atoms with Crippen LogP contribution in [-0.2, 0) is 4.79 Å². The second kappa shape index (κ2) is 7.03. The number of rotatable bonds is 4. The van der Waals surface area contributed by atoms with E-state index in [1.807, 2.05) is 29.2 Å². The highest BCUT2D eigenvalue weighted by molar-refractivity contribution is 5.98. The van der Waals surface area contributed by atoms with E-state index in [4.69, 9.17) is 10.5 Å². The van der Waals surface area contributed by atoms with Crippen LogP contribution in [0.5, 0.6) is 5.75 Å². The lowest BCUT2D eigenvalue weighted by Crippen LogP contribution is -2.49. The summed E-state index contributed by atoms with van der Waals surface area (Å²) < 4.78 is 5.15. The average Bonchev–Trinajstić information content (AvgIpc) is 3.28. The monoisotopic (exact) mass is 356 g/mol. The number of methoxy groups -OCH3 is 1. The van der Waals surface area contributed by atoms with Gasteiger partial charge in [0.2, 0.25) is 5.91 Å². The molecule has 2 bridgehead atoms. The molecule has 1 aliphatic heterocycles. The molecule has 0 spiro atoms. The standard InChI is InChI=1S/C21H28N2O3/c1-26-17-6-4-13(5-7-17)20(24)14-8-10-23(11-9-14)21(25)18-15-2-3-16(12-15)19(18)22/h4-7,14-16,18-19H,2-3,8-12,22H2,1H3. The number of carbonyl (C=O) groups excluding carboxylic acids is 2. The fraction of sp³-hybridized carbons (Fsp3) is 0.619. The van der Waals surface area contributed by atoms with Gasteiger partial charge in [-0.3, -0.25) is 9.59 Å². The van der Waals surface area contributed by atoms with Crippen molar-refractivity contribution < 1.29 is 14.3 Å². The van der Waals surface area contributed by atoms with E-state index in [0.29, 0.717) is 24.9 Å². The summed E-state index contributed by atoms with van der Waals surface area (Å²) in [4.78, 5) is 27.7. The molecule has 26 heavy (non-hydrogen) atoms. The van der Waals surface area contributed by atoms with Crippen LogP contribution in [0, 0.1) is 23.7 Å². The number of piperidine rings is 1. The molecule has 0 radical (unpaired) electrons. The SMILES string of the molecule is COc1ccc(C(=O)C2CCN(C(=O)C3C4CCC(C4)C3N)CC2)cc1. The molecule has 1 heterocycles. The maximum Gasteiger partial charge on any atom is 0.227 e. The topological polar surface area (TPSA) is 72.6 Å². The number of fused-ring (bicyclic) bond motifs is 2. The van der Waals surface area contributed by atoms with E-state index in [0.717, 1.165) is 37.0 Å². The lowest BCUT2D eigenvalue weighted by atomic mass is 9.82. The van der Waals surface area contributed by atoms with Crippen LogP contribution in [-0.4, -0.2) is 42.8 Å². The largest absolute Gasteiger partial charge is 0.497 e. The van der Waals surface area contributed by atoms with E-state index in [-0.39, 0.29) is 29.6 Å². The Morgan fingerprint density at radius 1 is 1.04 bits per heavy atom. The highest BCUT2D eigenvalue weighted by Gasteiger charge is 2.50. The molecule has 140 valence electrons. The first-order chi connectivity index (χ1) is 12.6. The first kappa shape index (κ1) is 17.5. The third kappa shape index (κ3) is 3.02. The minimum Gasteiger partial charge on any atom is -0.497 e. The van der Waals surface area contributed by atoms with Gasteiger partial charge in [-0.25, -0.2) is 0 Å².